The minimum absolute atomic E-state index is 0.0177. The van der Waals surface area contributed by atoms with Crippen molar-refractivity contribution in [3.63, 3.8) is 0 Å². The van der Waals surface area contributed by atoms with Gasteiger partial charge in [0.15, 0.2) is 28.5 Å². The van der Waals surface area contributed by atoms with E-state index in [2.05, 4.69) is 34.6 Å². The Morgan fingerprint density at radius 2 is 1.89 bits per heavy atom. The summed E-state index contributed by atoms with van der Waals surface area (Å²) in [6.07, 6.45) is 5.95. The molecule has 0 unspecified atom stereocenters. The van der Waals surface area contributed by atoms with Crippen molar-refractivity contribution in [1.29, 1.82) is 0 Å². The van der Waals surface area contributed by atoms with Crippen LogP contribution in [0.2, 0.25) is 0 Å². The Morgan fingerprint density at radius 1 is 1.08 bits per heavy atom. The Labute approximate surface area is 221 Å². The van der Waals surface area contributed by atoms with E-state index >= 15 is 0 Å². The van der Waals surface area contributed by atoms with Crippen molar-refractivity contribution < 1.29 is 14.3 Å². The largest absolute Gasteiger partial charge is 0.454 e. The number of carbonyl (C=O) groups excluding carboxylic acids is 1. The molecule has 5 rings (SSSR count). The summed E-state index contributed by atoms with van der Waals surface area (Å²) >= 11 is 0. The Hall–Kier alpha value is -4.60. The highest BCUT2D eigenvalue weighted by Gasteiger charge is 2.17. The molecular formula is C28H31N7O3. The second-order valence-electron chi connectivity index (χ2n) is 9.16. The first-order valence-electron chi connectivity index (χ1n) is 12.5. The average molecular weight is 514 g/mol. The second kappa shape index (κ2) is 11.2. The fraction of sp³-hybridized carbons (Fsp3) is 0.286. The van der Waals surface area contributed by atoms with Gasteiger partial charge >= 0.3 is 0 Å². The van der Waals surface area contributed by atoms with Crippen molar-refractivity contribution in [2.24, 2.45) is 0 Å². The van der Waals surface area contributed by atoms with Crippen molar-refractivity contribution in [1.82, 2.24) is 24.4 Å². The first-order valence-corrected chi connectivity index (χ1v) is 12.5. The van der Waals surface area contributed by atoms with Crippen LogP contribution in [0.5, 0.6) is 11.5 Å². The molecule has 2 aromatic carbocycles. The number of aromatic nitrogens is 4. The molecule has 38 heavy (non-hydrogen) atoms. The van der Waals surface area contributed by atoms with Gasteiger partial charge in [0, 0.05) is 47.2 Å². The van der Waals surface area contributed by atoms with Gasteiger partial charge < -0.3 is 29.2 Å². The van der Waals surface area contributed by atoms with Crippen LogP contribution < -0.4 is 19.7 Å². The lowest BCUT2D eigenvalue weighted by molar-refractivity contribution is -0.127. The predicted molar refractivity (Wildman–Crippen MR) is 147 cm³/mol. The highest BCUT2D eigenvalue weighted by Crippen LogP contribution is 2.33. The zero-order valence-electron chi connectivity index (χ0n) is 21.8. The number of hydrogen-bond acceptors (Lipinski definition) is 8. The topological polar surface area (TPSA) is 97.6 Å². The molecule has 1 aliphatic heterocycles. The van der Waals surface area contributed by atoms with Crippen molar-refractivity contribution in [2.75, 3.05) is 44.2 Å². The third-order valence-corrected chi connectivity index (χ3v) is 6.41. The number of fused-ring (bicyclic) bond motifs is 2. The molecule has 10 heteroatoms. The predicted octanol–water partition coefficient (Wildman–Crippen LogP) is 3.80. The van der Waals surface area contributed by atoms with Gasteiger partial charge in [-0.15, -0.1) is 0 Å². The normalized spacial score (nSPS) is 12.3. The van der Waals surface area contributed by atoms with Gasteiger partial charge in [-0.25, -0.2) is 4.98 Å². The number of anilines is 2. The van der Waals surface area contributed by atoms with Crippen LogP contribution in [-0.4, -0.2) is 64.3 Å². The average Bonchev–Trinajstić information content (AvgIpc) is 3.57. The number of hydrogen-bond donors (Lipinski definition) is 1. The number of ether oxygens (including phenoxy) is 2. The number of carbonyl (C=O) groups is 1. The minimum atomic E-state index is 0.0177. The monoisotopic (exact) mass is 513 g/mol. The number of rotatable bonds is 10. The Balaban J connectivity index is 1.41. The van der Waals surface area contributed by atoms with E-state index in [0.29, 0.717) is 43.5 Å². The van der Waals surface area contributed by atoms with E-state index in [1.54, 1.807) is 25.2 Å². The summed E-state index contributed by atoms with van der Waals surface area (Å²) in [6.45, 7) is 4.09. The summed E-state index contributed by atoms with van der Waals surface area (Å²) in [5, 5.41) is 3.44. The van der Waals surface area contributed by atoms with E-state index < -0.39 is 0 Å². The van der Waals surface area contributed by atoms with E-state index in [4.69, 9.17) is 19.4 Å². The van der Waals surface area contributed by atoms with E-state index in [9.17, 15) is 4.79 Å². The van der Waals surface area contributed by atoms with Crippen LogP contribution in [0.25, 0.3) is 17.2 Å². The Kier molecular flexibility index (Phi) is 7.39. The highest BCUT2D eigenvalue weighted by atomic mass is 16.7. The summed E-state index contributed by atoms with van der Waals surface area (Å²) in [7, 11) is 3.71. The fourth-order valence-corrected chi connectivity index (χ4v) is 4.02. The number of nitrogens with zero attached hydrogens (tertiary/aromatic N) is 6. The molecule has 4 aromatic rings. The molecule has 3 heterocycles. The number of benzene rings is 2. The van der Waals surface area contributed by atoms with E-state index in [1.807, 2.05) is 52.9 Å². The summed E-state index contributed by atoms with van der Waals surface area (Å²) in [5.74, 6) is 2.70. The Bertz CT molecular complexity index is 1450. The number of nitrogens with one attached hydrogen (secondary N) is 1. The third-order valence-electron chi connectivity index (χ3n) is 6.41. The number of allylic oxidation sites excluding steroid dienone is 1. The summed E-state index contributed by atoms with van der Waals surface area (Å²) in [5.41, 5.74) is 3.58. The smallest absolute Gasteiger partial charge is 0.231 e. The zero-order chi connectivity index (χ0) is 26.5. The third kappa shape index (κ3) is 5.69. The number of likely N-dealkylation sites (N-methyl/N-ethyl adjacent to an activating group) is 2. The maximum atomic E-state index is 11.7. The standard InChI is InChI=1S/C28H31N7O3/c1-20(36)33(2)14-15-34(3)28-31-26(29-17-22-11-12-23-24(16-22)38-19-37-23)25-27(32-28)35(18-30-25)13-7-10-21-8-5-4-6-9-21/h4-12,16,18H,13-15,17,19H2,1-3H3,(H,29,31,32). The molecule has 0 atom stereocenters. The van der Waals surface area contributed by atoms with Crippen LogP contribution >= 0.6 is 0 Å². The molecule has 196 valence electrons. The highest BCUT2D eigenvalue weighted by molar-refractivity contribution is 5.84. The van der Waals surface area contributed by atoms with Gasteiger partial charge in [0.25, 0.3) is 0 Å². The van der Waals surface area contributed by atoms with Crippen LogP contribution in [0.1, 0.15) is 18.1 Å². The van der Waals surface area contributed by atoms with Crippen LogP contribution in [0.3, 0.4) is 0 Å². The first-order chi connectivity index (χ1) is 18.5. The zero-order valence-corrected chi connectivity index (χ0v) is 21.8. The first kappa shape index (κ1) is 25.1. The number of imidazole rings is 1. The molecule has 1 aliphatic rings. The van der Waals surface area contributed by atoms with Crippen LogP contribution in [-0.2, 0) is 17.9 Å². The quantitative estimate of drug-likeness (QED) is 0.342. The fourth-order valence-electron chi connectivity index (χ4n) is 4.02. The molecule has 10 nitrogen and oxygen atoms in total. The van der Waals surface area contributed by atoms with Crippen molar-refractivity contribution in [3.05, 3.63) is 72.1 Å². The molecule has 0 saturated carbocycles. The summed E-state index contributed by atoms with van der Waals surface area (Å²) in [6, 6.07) is 16.0. The Morgan fingerprint density at radius 3 is 2.71 bits per heavy atom. The summed E-state index contributed by atoms with van der Waals surface area (Å²) < 4.78 is 12.9. The molecule has 0 aliphatic carbocycles. The molecule has 0 bridgehead atoms. The van der Waals surface area contributed by atoms with Gasteiger partial charge in [-0.05, 0) is 23.3 Å². The minimum Gasteiger partial charge on any atom is -0.454 e. The van der Waals surface area contributed by atoms with Crippen molar-refractivity contribution >= 4 is 34.9 Å². The molecule has 0 fully saturated rings. The molecule has 2 aromatic heterocycles. The second-order valence-corrected chi connectivity index (χ2v) is 9.16. The lowest BCUT2D eigenvalue weighted by Crippen LogP contribution is -2.34. The van der Waals surface area contributed by atoms with Gasteiger partial charge in [0.2, 0.25) is 18.6 Å². The lowest BCUT2D eigenvalue weighted by Gasteiger charge is -2.22. The van der Waals surface area contributed by atoms with Gasteiger partial charge in [-0.2, -0.15) is 9.97 Å². The summed E-state index contributed by atoms with van der Waals surface area (Å²) in [4.78, 5) is 29.6. The maximum Gasteiger partial charge on any atom is 0.231 e. The van der Waals surface area contributed by atoms with E-state index in [0.717, 1.165) is 28.3 Å². The van der Waals surface area contributed by atoms with Gasteiger partial charge in [-0.3, -0.25) is 4.79 Å². The van der Waals surface area contributed by atoms with E-state index in [-0.39, 0.29) is 12.7 Å². The van der Waals surface area contributed by atoms with Crippen LogP contribution in [0, 0.1) is 0 Å². The molecule has 0 radical (unpaired) electrons. The lowest BCUT2D eigenvalue weighted by atomic mass is 10.2. The van der Waals surface area contributed by atoms with Crippen LogP contribution in [0.15, 0.2) is 60.9 Å². The molecule has 1 N–H and O–H groups in total. The van der Waals surface area contributed by atoms with Gasteiger partial charge in [0.1, 0.15) is 0 Å². The van der Waals surface area contributed by atoms with Gasteiger partial charge in [0.05, 0.1) is 6.33 Å². The van der Waals surface area contributed by atoms with Gasteiger partial charge in [-0.1, -0.05) is 48.6 Å². The molecule has 1 amide bonds. The van der Waals surface area contributed by atoms with E-state index in [1.165, 1.54) is 0 Å². The van der Waals surface area contributed by atoms with Crippen molar-refractivity contribution in [2.45, 2.75) is 20.0 Å². The maximum absolute atomic E-state index is 11.7. The number of amides is 1. The van der Waals surface area contributed by atoms with Crippen molar-refractivity contribution in [3.8, 4) is 11.5 Å². The van der Waals surface area contributed by atoms with Crippen LogP contribution in [0.4, 0.5) is 11.8 Å². The molecular weight excluding hydrogens is 482 g/mol. The molecule has 0 saturated heterocycles. The SMILES string of the molecule is CC(=O)N(C)CCN(C)c1nc(NCc2ccc3c(c2)OCO3)c2ncn(CC=Cc3ccccc3)c2n1. The molecule has 0 spiro atoms.